The molecule has 0 radical (unpaired) electrons. The second kappa shape index (κ2) is 12.9. The van der Waals surface area contributed by atoms with E-state index in [4.69, 9.17) is 22.8 Å². The van der Waals surface area contributed by atoms with Gasteiger partial charge >= 0.3 is 0 Å². The Morgan fingerprint density at radius 2 is 1.66 bits per heavy atom. The summed E-state index contributed by atoms with van der Waals surface area (Å²) in [6, 6.07) is 3.71. The van der Waals surface area contributed by atoms with Crippen molar-refractivity contribution in [3.05, 3.63) is 28.5 Å². The van der Waals surface area contributed by atoms with Gasteiger partial charge in [0.25, 0.3) is 0 Å². The second-order valence-electron chi connectivity index (χ2n) is 10.2. The molecule has 1 unspecified atom stereocenters. The normalized spacial score (nSPS) is 27.0. The third kappa shape index (κ3) is 6.66. The van der Waals surface area contributed by atoms with Gasteiger partial charge in [0.1, 0.15) is 16.6 Å². The van der Waals surface area contributed by atoms with Crippen LogP contribution in [-0.4, -0.2) is 6.10 Å². The van der Waals surface area contributed by atoms with Crippen molar-refractivity contribution < 1.29 is 9.13 Å². The summed E-state index contributed by atoms with van der Waals surface area (Å²) >= 11 is 6.40. The summed E-state index contributed by atoms with van der Waals surface area (Å²) in [4.78, 5) is 0. The van der Waals surface area contributed by atoms with Crippen LogP contribution in [0.15, 0.2) is 12.1 Å². The van der Waals surface area contributed by atoms with Crippen LogP contribution in [0.25, 0.3) is 0 Å². The lowest BCUT2D eigenvalue weighted by Gasteiger charge is -2.38. The molecule has 2 aliphatic rings. The van der Waals surface area contributed by atoms with Crippen molar-refractivity contribution in [3.63, 3.8) is 0 Å². The van der Waals surface area contributed by atoms with Crippen molar-refractivity contribution in [1.29, 1.82) is 0 Å². The second-order valence-corrected chi connectivity index (χ2v) is 10.6. The fraction of sp³-hybridized carbons (Fsp3) is 0.724. The maximum Gasteiger partial charge on any atom is 0.159 e. The number of rotatable bonds is 10. The van der Waals surface area contributed by atoms with Crippen molar-refractivity contribution in [2.45, 2.75) is 116 Å². The van der Waals surface area contributed by atoms with Crippen molar-refractivity contribution in [1.82, 2.24) is 0 Å². The first-order chi connectivity index (χ1) is 15.6. The van der Waals surface area contributed by atoms with Gasteiger partial charge in [0.2, 0.25) is 0 Å². The minimum absolute atomic E-state index is 0.0922. The molecule has 1 atom stereocenters. The van der Waals surface area contributed by atoms with Crippen molar-refractivity contribution in [3.8, 4) is 18.1 Å². The van der Waals surface area contributed by atoms with Crippen LogP contribution in [0.5, 0.6) is 5.75 Å². The first-order valence-corrected chi connectivity index (χ1v) is 13.6. The summed E-state index contributed by atoms with van der Waals surface area (Å²) in [7, 11) is 0. The van der Waals surface area contributed by atoms with E-state index < -0.39 is 0 Å². The minimum Gasteiger partial charge on any atom is -0.476 e. The lowest BCUT2D eigenvalue weighted by Crippen LogP contribution is -2.25. The zero-order chi connectivity index (χ0) is 22.9. The average molecular weight is 461 g/mol. The van der Waals surface area contributed by atoms with Crippen LogP contribution < -0.4 is 4.74 Å². The molecule has 0 aromatic heterocycles. The van der Waals surface area contributed by atoms with E-state index in [9.17, 15) is 0 Å². The first kappa shape index (κ1) is 25.4. The van der Waals surface area contributed by atoms with Crippen LogP contribution in [-0.2, 0) is 0 Å². The highest BCUT2D eigenvalue weighted by Crippen LogP contribution is 2.46. The molecule has 0 amide bonds. The molecule has 1 aromatic carbocycles. The summed E-state index contributed by atoms with van der Waals surface area (Å²) in [6.45, 7) is 4.46. The van der Waals surface area contributed by atoms with Gasteiger partial charge < -0.3 is 4.74 Å². The maximum absolute atomic E-state index is 15.2. The lowest BCUT2D eigenvalue weighted by atomic mass is 9.68. The molecule has 1 nitrogen and oxygen atoms in total. The number of halogens is 2. The molecule has 3 heteroatoms. The molecule has 0 saturated heterocycles. The quantitative estimate of drug-likeness (QED) is 0.249. The molecule has 2 aliphatic carbocycles. The lowest BCUT2D eigenvalue weighted by molar-refractivity contribution is 0.156. The number of terminal acetylenes is 1. The molecule has 3 rings (SSSR count). The molecule has 0 spiro atoms. The van der Waals surface area contributed by atoms with Gasteiger partial charge in [-0.2, -0.15) is 0 Å². The van der Waals surface area contributed by atoms with Crippen LogP contribution in [0.2, 0.25) is 5.02 Å². The molecule has 178 valence electrons. The Morgan fingerprint density at radius 3 is 2.25 bits per heavy atom. The van der Waals surface area contributed by atoms with E-state index in [0.29, 0.717) is 5.75 Å². The van der Waals surface area contributed by atoms with E-state index >= 15 is 4.39 Å². The van der Waals surface area contributed by atoms with Crippen LogP contribution in [0.3, 0.4) is 0 Å². The molecule has 1 aromatic rings. The molecule has 0 bridgehead atoms. The Labute approximate surface area is 200 Å². The number of unbranched alkanes of at least 4 members (excludes halogenated alkanes) is 2. The number of ether oxygens (including phenoxy) is 1. The van der Waals surface area contributed by atoms with E-state index in [1.54, 1.807) is 0 Å². The zero-order valence-corrected chi connectivity index (χ0v) is 20.9. The zero-order valence-electron chi connectivity index (χ0n) is 20.2. The van der Waals surface area contributed by atoms with E-state index in [0.717, 1.165) is 61.8 Å². The minimum atomic E-state index is -0.354. The molecule has 2 fully saturated rings. The molecule has 0 aliphatic heterocycles. The largest absolute Gasteiger partial charge is 0.476 e. The smallest absolute Gasteiger partial charge is 0.159 e. The Morgan fingerprint density at radius 1 is 1.00 bits per heavy atom. The Hall–Kier alpha value is -1.20. The Kier molecular flexibility index (Phi) is 10.2. The highest BCUT2D eigenvalue weighted by molar-refractivity contribution is 6.32. The van der Waals surface area contributed by atoms with Gasteiger partial charge in [-0.3, -0.25) is 0 Å². The van der Waals surface area contributed by atoms with Gasteiger partial charge in [-0.1, -0.05) is 76.0 Å². The third-order valence-electron chi connectivity index (χ3n) is 8.07. The van der Waals surface area contributed by atoms with Gasteiger partial charge in [-0.25, -0.2) is 4.39 Å². The Bertz CT molecular complexity index is 738. The standard InChI is InChI=1S/C29H42ClFO/c1-4-7-8-10-25(6-3)32-27-20-19-26(29(31)28(27)30)24-17-15-23(16-18-24)22-13-11-21(9-5-2)12-14-22/h3,19-25H,4-5,7-18H2,1-2H3. The van der Waals surface area contributed by atoms with Crippen LogP contribution in [0.1, 0.15) is 115 Å². The number of hydrogen-bond acceptors (Lipinski definition) is 1. The highest BCUT2D eigenvalue weighted by atomic mass is 35.5. The van der Waals surface area contributed by atoms with E-state index in [-0.39, 0.29) is 22.9 Å². The maximum atomic E-state index is 15.2. The fourth-order valence-corrected chi connectivity index (χ4v) is 6.34. The summed E-state index contributed by atoms with van der Waals surface area (Å²) < 4.78 is 21.1. The van der Waals surface area contributed by atoms with Gasteiger partial charge in [0, 0.05) is 0 Å². The number of hydrogen-bond donors (Lipinski definition) is 0. The first-order valence-electron chi connectivity index (χ1n) is 13.2. The van der Waals surface area contributed by atoms with Crippen molar-refractivity contribution >= 4 is 11.6 Å². The van der Waals surface area contributed by atoms with Gasteiger partial charge in [-0.15, -0.1) is 6.42 Å². The van der Waals surface area contributed by atoms with Crippen LogP contribution in [0.4, 0.5) is 4.39 Å². The van der Waals surface area contributed by atoms with Crippen LogP contribution >= 0.6 is 11.6 Å². The topological polar surface area (TPSA) is 9.23 Å². The average Bonchev–Trinajstić information content (AvgIpc) is 2.82. The van der Waals surface area contributed by atoms with E-state index in [1.807, 2.05) is 12.1 Å². The monoisotopic (exact) mass is 460 g/mol. The van der Waals surface area contributed by atoms with Gasteiger partial charge in [0.05, 0.1) is 0 Å². The van der Waals surface area contributed by atoms with Gasteiger partial charge in [0.15, 0.2) is 6.10 Å². The van der Waals surface area contributed by atoms with E-state index in [1.165, 1.54) is 51.4 Å². The molecule has 0 heterocycles. The van der Waals surface area contributed by atoms with Crippen molar-refractivity contribution in [2.75, 3.05) is 0 Å². The molecular formula is C29H42ClFO. The summed E-state index contributed by atoms with van der Waals surface area (Å²) in [5.41, 5.74) is 0.760. The third-order valence-corrected chi connectivity index (χ3v) is 8.42. The predicted octanol–water partition coefficient (Wildman–Crippen LogP) is 9.32. The van der Waals surface area contributed by atoms with Crippen molar-refractivity contribution in [2.24, 2.45) is 17.8 Å². The number of benzene rings is 1. The highest BCUT2D eigenvalue weighted by Gasteiger charge is 2.32. The Balaban J connectivity index is 1.54. The summed E-state index contributed by atoms with van der Waals surface area (Å²) in [5, 5.41) is 0.0922. The predicted molar refractivity (Wildman–Crippen MR) is 134 cm³/mol. The van der Waals surface area contributed by atoms with E-state index in [2.05, 4.69) is 19.8 Å². The fourth-order valence-electron chi connectivity index (χ4n) is 6.12. The molecular weight excluding hydrogens is 419 g/mol. The molecule has 2 saturated carbocycles. The van der Waals surface area contributed by atoms with Crippen LogP contribution in [0, 0.1) is 35.9 Å². The van der Waals surface area contributed by atoms with Gasteiger partial charge in [-0.05, 0) is 86.7 Å². The summed E-state index contributed by atoms with van der Waals surface area (Å²) in [6.07, 6.45) is 22.2. The molecule has 32 heavy (non-hydrogen) atoms. The SMILES string of the molecule is C#CC(CCCCC)Oc1ccc(C2CCC(C3CCC(CCC)CC3)CC2)c(F)c1Cl. The molecule has 0 N–H and O–H groups in total. The summed E-state index contributed by atoms with van der Waals surface area (Å²) in [5.74, 6) is 5.70.